The summed E-state index contributed by atoms with van der Waals surface area (Å²) in [6, 6.07) is 0.429. The van der Waals surface area contributed by atoms with Gasteiger partial charge in [0.1, 0.15) is 0 Å². The maximum Gasteiger partial charge on any atom is 0.220 e. The molecule has 0 aromatic carbocycles. The number of hydrogen-bond donors (Lipinski definition) is 2. The summed E-state index contributed by atoms with van der Waals surface area (Å²) in [5.74, 6) is 0.108. The molecule has 1 fully saturated rings. The van der Waals surface area contributed by atoms with Gasteiger partial charge in [0, 0.05) is 19.0 Å². The van der Waals surface area contributed by atoms with E-state index in [4.69, 9.17) is 5.26 Å². The van der Waals surface area contributed by atoms with Crippen LogP contribution in [0.4, 0.5) is 0 Å². The summed E-state index contributed by atoms with van der Waals surface area (Å²) in [4.78, 5) is 15.5. The third-order valence-corrected chi connectivity index (χ3v) is 2.73. The van der Waals surface area contributed by atoms with Crippen molar-refractivity contribution in [3.63, 3.8) is 0 Å². The Hall–Kier alpha value is -1.22. The van der Waals surface area contributed by atoms with Gasteiger partial charge < -0.3 is 5.32 Å². The number of nitriles is 1. The molecule has 0 aromatic heterocycles. The molecule has 5 nitrogen and oxygen atoms in total. The van der Waals surface area contributed by atoms with E-state index >= 15 is 0 Å². The van der Waals surface area contributed by atoms with Crippen molar-refractivity contribution in [2.75, 3.05) is 12.8 Å². The van der Waals surface area contributed by atoms with Crippen molar-refractivity contribution < 1.29 is 4.79 Å². The Morgan fingerprint density at radius 1 is 1.62 bits per heavy atom. The number of rotatable bonds is 5. The lowest BCUT2D eigenvalue weighted by molar-refractivity contribution is -0.121. The molecule has 0 bridgehead atoms. The van der Waals surface area contributed by atoms with E-state index in [9.17, 15) is 4.79 Å². The van der Waals surface area contributed by atoms with Gasteiger partial charge in [-0.2, -0.15) is 5.26 Å². The molecular formula is C10H16N4OS. The third kappa shape index (κ3) is 5.61. The molecule has 1 rings (SSSR count). The van der Waals surface area contributed by atoms with Crippen LogP contribution in [-0.2, 0) is 4.79 Å². The fraction of sp³-hybridized carbons (Fsp3) is 0.700. The molecule has 0 atom stereocenters. The first-order chi connectivity index (χ1) is 7.76. The summed E-state index contributed by atoms with van der Waals surface area (Å²) in [5, 5.41) is 14.4. The van der Waals surface area contributed by atoms with E-state index < -0.39 is 0 Å². The van der Waals surface area contributed by atoms with E-state index in [0.717, 1.165) is 19.3 Å². The standard InChI is InChI=1S/C10H16N4OS/c1-16-10(13-7-11)12-6-2-3-9(15)14-8-4-5-8/h8H,2-6H2,1H3,(H,12,13)(H,14,15). The predicted molar refractivity (Wildman–Crippen MR) is 65.0 cm³/mol. The zero-order chi connectivity index (χ0) is 11.8. The summed E-state index contributed by atoms with van der Waals surface area (Å²) in [6.07, 6.45) is 7.13. The topological polar surface area (TPSA) is 77.3 Å². The van der Waals surface area contributed by atoms with Crippen molar-refractivity contribution in [2.24, 2.45) is 4.99 Å². The van der Waals surface area contributed by atoms with Gasteiger partial charge in [0.25, 0.3) is 0 Å². The van der Waals surface area contributed by atoms with Crippen LogP contribution in [0.2, 0.25) is 0 Å². The molecule has 0 heterocycles. The van der Waals surface area contributed by atoms with Gasteiger partial charge in [-0.25, -0.2) is 0 Å². The average Bonchev–Trinajstić information content (AvgIpc) is 3.06. The minimum atomic E-state index is 0.108. The van der Waals surface area contributed by atoms with Crippen molar-refractivity contribution in [3.8, 4) is 6.19 Å². The molecule has 0 spiro atoms. The highest BCUT2D eigenvalue weighted by Crippen LogP contribution is 2.18. The first-order valence-electron chi connectivity index (χ1n) is 5.29. The minimum Gasteiger partial charge on any atom is -0.353 e. The van der Waals surface area contributed by atoms with E-state index in [1.807, 2.05) is 12.4 Å². The van der Waals surface area contributed by atoms with Crippen LogP contribution in [-0.4, -0.2) is 29.9 Å². The second-order valence-electron chi connectivity index (χ2n) is 3.57. The molecule has 0 aliphatic heterocycles. The highest BCUT2D eigenvalue weighted by Gasteiger charge is 2.22. The van der Waals surface area contributed by atoms with Crippen molar-refractivity contribution in [1.29, 1.82) is 5.26 Å². The second-order valence-corrected chi connectivity index (χ2v) is 4.37. The number of carbonyl (C=O) groups excluding carboxylic acids is 1. The Morgan fingerprint density at radius 3 is 2.94 bits per heavy atom. The SMILES string of the molecule is CSC(=NCCCC(=O)NC1CC1)NC#N. The number of aliphatic imine (C=N–C) groups is 1. The quantitative estimate of drug-likeness (QED) is 0.245. The maximum atomic E-state index is 11.3. The van der Waals surface area contributed by atoms with Crippen LogP contribution in [0.25, 0.3) is 0 Å². The Kier molecular flexibility index (Phi) is 5.72. The Labute approximate surface area is 99.7 Å². The maximum absolute atomic E-state index is 11.3. The number of thioether (sulfide) groups is 1. The second kappa shape index (κ2) is 7.12. The number of carbonyl (C=O) groups is 1. The van der Waals surface area contributed by atoms with E-state index in [2.05, 4.69) is 15.6 Å². The van der Waals surface area contributed by atoms with Gasteiger partial charge in [0.15, 0.2) is 11.4 Å². The van der Waals surface area contributed by atoms with Crippen LogP contribution >= 0.6 is 11.8 Å². The van der Waals surface area contributed by atoms with Gasteiger partial charge in [0.2, 0.25) is 5.91 Å². The molecule has 0 saturated heterocycles. The monoisotopic (exact) mass is 240 g/mol. The van der Waals surface area contributed by atoms with Gasteiger partial charge in [-0.3, -0.25) is 15.1 Å². The lowest BCUT2D eigenvalue weighted by Crippen LogP contribution is -2.25. The van der Waals surface area contributed by atoms with Crippen molar-refractivity contribution in [2.45, 2.75) is 31.7 Å². The van der Waals surface area contributed by atoms with Crippen molar-refractivity contribution in [1.82, 2.24) is 10.6 Å². The number of hydrogen-bond acceptors (Lipinski definition) is 4. The van der Waals surface area contributed by atoms with Crippen LogP contribution in [0.5, 0.6) is 0 Å². The van der Waals surface area contributed by atoms with E-state index in [1.54, 1.807) is 0 Å². The van der Waals surface area contributed by atoms with Gasteiger partial charge in [-0.1, -0.05) is 11.8 Å². The summed E-state index contributed by atoms with van der Waals surface area (Å²) < 4.78 is 0. The van der Waals surface area contributed by atoms with Crippen LogP contribution in [0.3, 0.4) is 0 Å². The number of amidine groups is 1. The molecular weight excluding hydrogens is 224 g/mol. The molecule has 16 heavy (non-hydrogen) atoms. The first kappa shape index (κ1) is 12.8. The number of nitrogens with one attached hydrogen (secondary N) is 2. The zero-order valence-electron chi connectivity index (χ0n) is 9.32. The van der Waals surface area contributed by atoms with Crippen LogP contribution in [0, 0.1) is 11.5 Å². The van der Waals surface area contributed by atoms with Crippen molar-refractivity contribution in [3.05, 3.63) is 0 Å². The minimum absolute atomic E-state index is 0.108. The van der Waals surface area contributed by atoms with Gasteiger partial charge >= 0.3 is 0 Å². The molecule has 1 saturated carbocycles. The van der Waals surface area contributed by atoms with E-state index in [-0.39, 0.29) is 5.91 Å². The summed E-state index contributed by atoms with van der Waals surface area (Å²) >= 11 is 1.39. The smallest absolute Gasteiger partial charge is 0.220 e. The Morgan fingerprint density at radius 2 is 2.38 bits per heavy atom. The molecule has 1 amide bonds. The summed E-state index contributed by atoms with van der Waals surface area (Å²) in [5.41, 5.74) is 0. The van der Waals surface area contributed by atoms with Gasteiger partial charge in [0.05, 0.1) is 0 Å². The molecule has 2 N–H and O–H groups in total. The molecule has 0 unspecified atom stereocenters. The molecule has 1 aliphatic carbocycles. The van der Waals surface area contributed by atoms with Crippen LogP contribution in [0.15, 0.2) is 4.99 Å². The third-order valence-electron chi connectivity index (χ3n) is 2.12. The Bertz CT molecular complexity index is 306. The average molecular weight is 240 g/mol. The van der Waals surface area contributed by atoms with Gasteiger partial charge in [-0.05, 0) is 25.5 Å². The highest BCUT2D eigenvalue weighted by atomic mass is 32.2. The summed E-state index contributed by atoms with van der Waals surface area (Å²) in [6.45, 7) is 0.572. The van der Waals surface area contributed by atoms with Crippen LogP contribution < -0.4 is 10.6 Å². The predicted octanol–water partition coefficient (Wildman–Crippen LogP) is 0.835. The molecule has 0 radical (unpaired) electrons. The number of nitrogens with zero attached hydrogens (tertiary/aromatic N) is 2. The lowest BCUT2D eigenvalue weighted by atomic mass is 10.3. The number of amides is 1. The fourth-order valence-electron chi connectivity index (χ4n) is 1.15. The highest BCUT2D eigenvalue weighted by molar-refractivity contribution is 8.13. The van der Waals surface area contributed by atoms with Gasteiger partial charge in [-0.15, -0.1) is 0 Å². The normalized spacial score (nSPS) is 15.4. The fourth-order valence-corrected chi connectivity index (χ4v) is 1.52. The summed E-state index contributed by atoms with van der Waals surface area (Å²) in [7, 11) is 0. The molecule has 1 aliphatic rings. The zero-order valence-corrected chi connectivity index (χ0v) is 10.1. The van der Waals surface area contributed by atoms with Crippen molar-refractivity contribution >= 4 is 22.8 Å². The molecule has 6 heteroatoms. The first-order valence-corrected chi connectivity index (χ1v) is 6.51. The van der Waals surface area contributed by atoms with Crippen LogP contribution in [0.1, 0.15) is 25.7 Å². The largest absolute Gasteiger partial charge is 0.353 e. The van der Waals surface area contributed by atoms with E-state index in [0.29, 0.717) is 24.2 Å². The molecule has 0 aromatic rings. The lowest BCUT2D eigenvalue weighted by Gasteiger charge is -2.02. The van der Waals surface area contributed by atoms with E-state index in [1.165, 1.54) is 11.8 Å². The Balaban J connectivity index is 2.09. The molecule has 88 valence electrons.